The Morgan fingerprint density at radius 1 is 1.03 bits per heavy atom. The van der Waals surface area contributed by atoms with Crippen LogP contribution in [0.2, 0.25) is 0 Å². The molecule has 1 amide bonds. The molecule has 3 rings (SSSR count). The van der Waals surface area contributed by atoms with Crippen molar-refractivity contribution in [3.8, 4) is 0 Å². The summed E-state index contributed by atoms with van der Waals surface area (Å²) in [6.45, 7) is 0. The lowest BCUT2D eigenvalue weighted by molar-refractivity contribution is -0.140. The van der Waals surface area contributed by atoms with Crippen LogP contribution in [0, 0.1) is 0 Å². The number of carboxylic acid groups (broad SMARTS) is 2. The minimum atomic E-state index is -1.25. The fraction of sp³-hybridized carbons (Fsp3) is 0.318. The predicted molar refractivity (Wildman–Crippen MR) is 109 cm³/mol. The SMILES string of the molecule is N[C@@H]1CCCc2ccccc21.O=C(O)CCC(NC(=O)c1ccccc1)C(=O)O. The van der Waals surface area contributed by atoms with Gasteiger partial charge in [0.2, 0.25) is 0 Å². The van der Waals surface area contributed by atoms with Crippen LogP contribution < -0.4 is 11.1 Å². The van der Waals surface area contributed by atoms with Gasteiger partial charge in [-0.3, -0.25) is 9.59 Å². The molecule has 1 unspecified atom stereocenters. The zero-order valence-electron chi connectivity index (χ0n) is 16.1. The lowest BCUT2D eigenvalue weighted by Gasteiger charge is -2.21. The van der Waals surface area contributed by atoms with Crippen LogP contribution >= 0.6 is 0 Å². The molecular weight excluding hydrogens is 372 g/mol. The second-order valence-corrected chi connectivity index (χ2v) is 6.86. The normalized spacial score (nSPS) is 15.8. The first-order valence-corrected chi connectivity index (χ1v) is 9.52. The van der Waals surface area contributed by atoms with E-state index in [9.17, 15) is 14.4 Å². The fourth-order valence-electron chi connectivity index (χ4n) is 3.15. The third kappa shape index (κ3) is 7.04. The molecule has 0 aliphatic heterocycles. The van der Waals surface area contributed by atoms with E-state index < -0.39 is 23.9 Å². The van der Waals surface area contributed by atoms with E-state index in [1.54, 1.807) is 30.3 Å². The summed E-state index contributed by atoms with van der Waals surface area (Å²) in [5, 5.41) is 19.7. The lowest BCUT2D eigenvalue weighted by atomic mass is 9.88. The maximum atomic E-state index is 11.7. The Bertz CT molecular complexity index is 838. The molecule has 1 aliphatic carbocycles. The van der Waals surface area contributed by atoms with E-state index in [1.165, 1.54) is 24.0 Å². The molecule has 0 heterocycles. The number of carbonyl (C=O) groups is 3. The molecule has 7 heteroatoms. The maximum Gasteiger partial charge on any atom is 0.326 e. The third-order valence-corrected chi connectivity index (χ3v) is 4.70. The molecule has 0 spiro atoms. The minimum absolute atomic E-state index is 0.150. The minimum Gasteiger partial charge on any atom is -0.481 e. The molecule has 0 fully saturated rings. The highest BCUT2D eigenvalue weighted by atomic mass is 16.4. The van der Waals surface area contributed by atoms with Crippen LogP contribution in [-0.4, -0.2) is 34.1 Å². The van der Waals surface area contributed by atoms with Crippen LogP contribution in [0.15, 0.2) is 54.6 Å². The number of aliphatic carboxylic acids is 2. The molecule has 5 N–H and O–H groups in total. The van der Waals surface area contributed by atoms with E-state index in [4.69, 9.17) is 15.9 Å². The molecule has 0 radical (unpaired) electrons. The number of carboxylic acids is 2. The van der Waals surface area contributed by atoms with Crippen molar-refractivity contribution in [1.82, 2.24) is 5.32 Å². The maximum absolute atomic E-state index is 11.7. The fourth-order valence-corrected chi connectivity index (χ4v) is 3.15. The van der Waals surface area contributed by atoms with Crippen LogP contribution in [0.1, 0.15) is 53.2 Å². The number of aryl methyl sites for hydroxylation is 1. The number of nitrogens with one attached hydrogen (secondary N) is 1. The molecule has 2 aromatic carbocycles. The van der Waals surface area contributed by atoms with E-state index in [2.05, 4.69) is 29.6 Å². The second kappa shape index (κ2) is 11.0. The van der Waals surface area contributed by atoms with Crippen LogP contribution in [0.4, 0.5) is 0 Å². The first-order valence-electron chi connectivity index (χ1n) is 9.52. The number of hydrogen-bond acceptors (Lipinski definition) is 4. The van der Waals surface area contributed by atoms with Gasteiger partial charge in [0.1, 0.15) is 6.04 Å². The largest absolute Gasteiger partial charge is 0.481 e. The highest BCUT2D eigenvalue weighted by Gasteiger charge is 2.21. The van der Waals surface area contributed by atoms with Crippen molar-refractivity contribution in [2.24, 2.45) is 5.73 Å². The van der Waals surface area contributed by atoms with Crippen molar-refractivity contribution >= 4 is 17.8 Å². The number of nitrogens with two attached hydrogens (primary N) is 1. The zero-order valence-corrected chi connectivity index (χ0v) is 16.1. The molecular formula is C22H26N2O5. The highest BCUT2D eigenvalue weighted by molar-refractivity contribution is 5.96. The Kier molecular flexibility index (Phi) is 8.36. The molecule has 2 aromatic rings. The summed E-state index contributed by atoms with van der Waals surface area (Å²) in [6, 6.07) is 15.7. The van der Waals surface area contributed by atoms with Crippen LogP contribution in [0.25, 0.3) is 0 Å². The Hall–Kier alpha value is -3.19. The summed E-state index contributed by atoms with van der Waals surface area (Å²) < 4.78 is 0. The van der Waals surface area contributed by atoms with Gasteiger partial charge in [0, 0.05) is 18.0 Å². The standard InChI is InChI=1S/C12H13NO5.C10H13N/c14-10(15)7-6-9(12(17)18)13-11(16)8-4-2-1-3-5-8;11-10-7-3-5-8-4-1-2-6-9(8)10/h1-5,9H,6-7H2,(H,13,16)(H,14,15)(H,17,18);1-2,4,6,10H,3,5,7,11H2/t;10-/m.1/s1. The molecule has 0 saturated carbocycles. The van der Waals surface area contributed by atoms with Crippen LogP contribution in [0.3, 0.4) is 0 Å². The second-order valence-electron chi connectivity index (χ2n) is 6.86. The summed E-state index contributed by atoms with van der Waals surface area (Å²) in [6.07, 6.45) is 3.15. The zero-order chi connectivity index (χ0) is 21.2. The van der Waals surface area contributed by atoms with Gasteiger partial charge < -0.3 is 21.3 Å². The van der Waals surface area contributed by atoms with Gasteiger partial charge >= 0.3 is 11.9 Å². The average molecular weight is 398 g/mol. The van der Waals surface area contributed by atoms with Crippen molar-refractivity contribution in [3.63, 3.8) is 0 Å². The topological polar surface area (TPSA) is 130 Å². The van der Waals surface area contributed by atoms with Gasteiger partial charge in [0.25, 0.3) is 5.91 Å². The summed E-state index contributed by atoms with van der Waals surface area (Å²) in [5.74, 6) is -2.89. The van der Waals surface area contributed by atoms with Crippen molar-refractivity contribution < 1.29 is 24.6 Å². The quantitative estimate of drug-likeness (QED) is 0.592. The Balaban J connectivity index is 0.000000230. The van der Waals surface area contributed by atoms with Crippen LogP contribution in [-0.2, 0) is 16.0 Å². The van der Waals surface area contributed by atoms with Crippen molar-refractivity contribution in [1.29, 1.82) is 0 Å². The molecule has 29 heavy (non-hydrogen) atoms. The van der Waals surface area contributed by atoms with Gasteiger partial charge in [0.15, 0.2) is 0 Å². The van der Waals surface area contributed by atoms with Gasteiger partial charge in [0.05, 0.1) is 0 Å². The van der Waals surface area contributed by atoms with E-state index in [1.807, 2.05) is 0 Å². The predicted octanol–water partition coefficient (Wildman–Crippen LogP) is 2.76. The third-order valence-electron chi connectivity index (χ3n) is 4.70. The summed E-state index contributed by atoms with van der Waals surface area (Å²) in [7, 11) is 0. The van der Waals surface area contributed by atoms with Crippen molar-refractivity contribution in [2.75, 3.05) is 0 Å². The smallest absolute Gasteiger partial charge is 0.326 e. The number of carbonyl (C=O) groups excluding carboxylic acids is 1. The van der Waals surface area contributed by atoms with Crippen LogP contribution in [0.5, 0.6) is 0 Å². The van der Waals surface area contributed by atoms with E-state index in [0.717, 1.165) is 6.42 Å². The molecule has 154 valence electrons. The highest BCUT2D eigenvalue weighted by Crippen LogP contribution is 2.26. The van der Waals surface area contributed by atoms with E-state index in [-0.39, 0.29) is 12.8 Å². The molecule has 0 aromatic heterocycles. The van der Waals surface area contributed by atoms with Gasteiger partial charge in [-0.05, 0) is 48.9 Å². The van der Waals surface area contributed by atoms with Crippen molar-refractivity contribution in [3.05, 3.63) is 71.3 Å². The number of rotatable bonds is 6. The van der Waals surface area contributed by atoms with Crippen molar-refractivity contribution in [2.45, 2.75) is 44.2 Å². The first kappa shape index (κ1) is 22.1. The van der Waals surface area contributed by atoms with E-state index >= 15 is 0 Å². The lowest BCUT2D eigenvalue weighted by Crippen LogP contribution is -2.41. The monoisotopic (exact) mass is 398 g/mol. The number of fused-ring (bicyclic) bond motifs is 1. The molecule has 7 nitrogen and oxygen atoms in total. The van der Waals surface area contributed by atoms with Gasteiger partial charge in [-0.25, -0.2) is 4.79 Å². The Labute approximate surface area is 169 Å². The summed E-state index contributed by atoms with van der Waals surface area (Å²) in [5.41, 5.74) is 9.09. The number of benzene rings is 2. The Morgan fingerprint density at radius 2 is 1.69 bits per heavy atom. The van der Waals surface area contributed by atoms with Gasteiger partial charge in [-0.1, -0.05) is 42.5 Å². The van der Waals surface area contributed by atoms with E-state index in [0.29, 0.717) is 11.6 Å². The summed E-state index contributed by atoms with van der Waals surface area (Å²) in [4.78, 5) is 32.9. The molecule has 0 bridgehead atoms. The molecule has 0 saturated heterocycles. The number of hydrogen-bond donors (Lipinski definition) is 4. The molecule has 1 aliphatic rings. The number of amides is 1. The Morgan fingerprint density at radius 3 is 2.31 bits per heavy atom. The molecule has 2 atom stereocenters. The summed E-state index contributed by atoms with van der Waals surface area (Å²) >= 11 is 0. The first-order chi connectivity index (χ1) is 13.9. The van der Waals surface area contributed by atoms with Gasteiger partial charge in [-0.2, -0.15) is 0 Å². The van der Waals surface area contributed by atoms with Gasteiger partial charge in [-0.15, -0.1) is 0 Å². The average Bonchev–Trinajstić information content (AvgIpc) is 2.72.